The van der Waals surface area contributed by atoms with E-state index < -0.39 is 0 Å². The summed E-state index contributed by atoms with van der Waals surface area (Å²) in [7, 11) is 0. The lowest BCUT2D eigenvalue weighted by Crippen LogP contribution is -2.52. The summed E-state index contributed by atoms with van der Waals surface area (Å²) in [4.78, 5) is 2.63. The molecule has 3 heterocycles. The molecule has 1 saturated heterocycles. The molecule has 3 aliphatic rings. The molecule has 0 N–H and O–H groups in total. The van der Waals surface area contributed by atoms with Gasteiger partial charge in [-0.15, -0.1) is 5.10 Å². The van der Waals surface area contributed by atoms with Crippen molar-refractivity contribution in [2.24, 2.45) is 0 Å². The van der Waals surface area contributed by atoms with Crippen molar-refractivity contribution in [3.8, 4) is 0 Å². The zero-order chi connectivity index (χ0) is 14.5. The molecule has 5 heteroatoms. The molecule has 5 rings (SSSR count). The molecule has 0 unspecified atom stereocenters. The molecule has 0 amide bonds. The van der Waals surface area contributed by atoms with Crippen LogP contribution in [0, 0.1) is 0 Å². The highest BCUT2D eigenvalue weighted by atomic mass is 16.5. The van der Waals surface area contributed by atoms with Gasteiger partial charge in [-0.2, -0.15) is 0 Å². The minimum Gasteiger partial charge on any atom is -0.368 e. The molecule has 1 aliphatic carbocycles. The molecule has 114 valence electrons. The van der Waals surface area contributed by atoms with Crippen LogP contribution in [-0.4, -0.2) is 45.1 Å². The fourth-order valence-electron chi connectivity index (χ4n) is 4.34. The Morgan fingerprint density at radius 2 is 1.95 bits per heavy atom. The predicted molar refractivity (Wildman–Crippen MR) is 81.5 cm³/mol. The second-order valence-electron chi connectivity index (χ2n) is 6.70. The second-order valence-corrected chi connectivity index (χ2v) is 6.70. The van der Waals surface area contributed by atoms with E-state index in [1.54, 1.807) is 0 Å². The van der Waals surface area contributed by atoms with Gasteiger partial charge in [0.1, 0.15) is 0 Å². The number of likely N-dealkylation sites (tertiary alicyclic amines) is 1. The Bertz CT molecular complexity index is 672. The summed E-state index contributed by atoms with van der Waals surface area (Å²) in [6.45, 7) is 2.79. The Balaban J connectivity index is 1.33. The summed E-state index contributed by atoms with van der Waals surface area (Å²) in [5.74, 6) is 0. The maximum atomic E-state index is 6.09. The Morgan fingerprint density at radius 3 is 2.77 bits per heavy atom. The van der Waals surface area contributed by atoms with E-state index in [4.69, 9.17) is 4.74 Å². The normalized spacial score (nSPS) is 28.2. The monoisotopic (exact) mass is 296 g/mol. The van der Waals surface area contributed by atoms with Gasteiger partial charge in [0.25, 0.3) is 0 Å². The van der Waals surface area contributed by atoms with Crippen LogP contribution in [0.15, 0.2) is 30.5 Å². The summed E-state index contributed by atoms with van der Waals surface area (Å²) in [6.07, 6.45) is 5.56. The van der Waals surface area contributed by atoms with Gasteiger partial charge in [-0.1, -0.05) is 29.5 Å². The van der Waals surface area contributed by atoms with E-state index in [9.17, 15) is 0 Å². The van der Waals surface area contributed by atoms with Gasteiger partial charge >= 0.3 is 0 Å². The van der Waals surface area contributed by atoms with Crippen molar-refractivity contribution >= 4 is 0 Å². The van der Waals surface area contributed by atoms with Crippen molar-refractivity contribution in [3.63, 3.8) is 0 Å². The number of hydrogen-bond donors (Lipinski definition) is 0. The standard InChI is InChI=1S/C17H20N4O/c1-2-4-13-8-14(7-12(13)3-1)20-6-5-16-17(10-20)22-11-15-9-18-19-21(15)16/h1-4,9,14,16-17H,5-8,10-11H2/t16-,17-/m0/s1. The SMILES string of the molecule is c1ccc2c(c1)CC(N1CC[C@H]3[C@H](C1)OCc1cnnn13)C2. The fraction of sp³-hybridized carbons (Fsp3) is 0.529. The summed E-state index contributed by atoms with van der Waals surface area (Å²) >= 11 is 0. The van der Waals surface area contributed by atoms with Crippen LogP contribution in [-0.2, 0) is 24.2 Å². The van der Waals surface area contributed by atoms with E-state index in [0.717, 1.165) is 25.2 Å². The van der Waals surface area contributed by atoms with Crippen LogP contribution >= 0.6 is 0 Å². The van der Waals surface area contributed by atoms with Crippen molar-refractivity contribution in [1.29, 1.82) is 0 Å². The summed E-state index contributed by atoms with van der Waals surface area (Å²) in [5.41, 5.74) is 4.17. The molecule has 1 aromatic carbocycles. The highest BCUT2D eigenvalue weighted by Gasteiger charge is 2.39. The average Bonchev–Trinajstić information content (AvgIpc) is 3.20. The summed E-state index contributed by atoms with van der Waals surface area (Å²) < 4.78 is 8.18. The fourth-order valence-corrected chi connectivity index (χ4v) is 4.34. The van der Waals surface area contributed by atoms with E-state index in [1.807, 2.05) is 6.20 Å². The molecule has 0 bridgehead atoms. The maximum Gasteiger partial charge on any atom is 0.0932 e. The van der Waals surface area contributed by atoms with Crippen molar-refractivity contribution < 1.29 is 4.74 Å². The number of aromatic nitrogens is 3. The number of benzene rings is 1. The lowest BCUT2D eigenvalue weighted by molar-refractivity contribution is -0.0761. The van der Waals surface area contributed by atoms with Gasteiger partial charge in [0.05, 0.1) is 30.6 Å². The van der Waals surface area contributed by atoms with Gasteiger partial charge in [-0.3, -0.25) is 4.90 Å². The lowest BCUT2D eigenvalue weighted by atomic mass is 9.98. The van der Waals surface area contributed by atoms with Crippen LogP contribution in [0.2, 0.25) is 0 Å². The van der Waals surface area contributed by atoms with Gasteiger partial charge in [0.2, 0.25) is 0 Å². The number of hydrogen-bond acceptors (Lipinski definition) is 4. The molecule has 0 saturated carbocycles. The quantitative estimate of drug-likeness (QED) is 0.801. The molecule has 2 atom stereocenters. The molecular weight excluding hydrogens is 276 g/mol. The van der Waals surface area contributed by atoms with Gasteiger partial charge in [-0.25, -0.2) is 4.68 Å². The third-order valence-corrected chi connectivity index (χ3v) is 5.51. The Labute approximate surface area is 129 Å². The smallest absolute Gasteiger partial charge is 0.0932 e. The van der Waals surface area contributed by atoms with Gasteiger partial charge in [0, 0.05) is 19.1 Å². The number of nitrogens with zero attached hydrogens (tertiary/aromatic N) is 4. The minimum atomic E-state index is 0.256. The average molecular weight is 296 g/mol. The molecule has 0 spiro atoms. The predicted octanol–water partition coefficient (Wildman–Crippen LogP) is 1.59. The number of rotatable bonds is 1. The first-order valence-electron chi connectivity index (χ1n) is 8.20. The van der Waals surface area contributed by atoms with Crippen molar-refractivity contribution in [2.75, 3.05) is 13.1 Å². The molecule has 1 fully saturated rings. The van der Waals surface area contributed by atoms with Gasteiger partial charge in [-0.05, 0) is 30.4 Å². The Morgan fingerprint density at radius 1 is 1.14 bits per heavy atom. The van der Waals surface area contributed by atoms with Crippen LogP contribution in [0.5, 0.6) is 0 Å². The van der Waals surface area contributed by atoms with E-state index in [0.29, 0.717) is 18.7 Å². The molecule has 2 aliphatic heterocycles. The minimum absolute atomic E-state index is 0.256. The van der Waals surface area contributed by atoms with Gasteiger partial charge < -0.3 is 4.74 Å². The molecule has 22 heavy (non-hydrogen) atoms. The second kappa shape index (κ2) is 4.89. The molecular formula is C17H20N4O. The van der Waals surface area contributed by atoms with Gasteiger partial charge in [0.15, 0.2) is 0 Å². The number of fused-ring (bicyclic) bond motifs is 4. The number of ether oxygens (including phenoxy) is 1. The van der Waals surface area contributed by atoms with Crippen LogP contribution in [0.4, 0.5) is 0 Å². The molecule has 2 aromatic rings. The van der Waals surface area contributed by atoms with Crippen LogP contribution in [0.1, 0.15) is 29.3 Å². The maximum absolute atomic E-state index is 6.09. The van der Waals surface area contributed by atoms with E-state index in [1.165, 1.54) is 24.0 Å². The van der Waals surface area contributed by atoms with E-state index >= 15 is 0 Å². The summed E-state index contributed by atoms with van der Waals surface area (Å²) in [5, 5.41) is 8.30. The first-order valence-corrected chi connectivity index (χ1v) is 8.20. The lowest BCUT2D eigenvalue weighted by Gasteiger charge is -2.43. The zero-order valence-corrected chi connectivity index (χ0v) is 12.6. The van der Waals surface area contributed by atoms with Crippen LogP contribution in [0.25, 0.3) is 0 Å². The Hall–Kier alpha value is -1.72. The highest BCUT2D eigenvalue weighted by molar-refractivity contribution is 5.33. The summed E-state index contributed by atoms with van der Waals surface area (Å²) in [6, 6.07) is 9.88. The van der Waals surface area contributed by atoms with Crippen LogP contribution in [0.3, 0.4) is 0 Å². The first kappa shape index (κ1) is 12.8. The number of piperidine rings is 1. The topological polar surface area (TPSA) is 43.2 Å². The van der Waals surface area contributed by atoms with Crippen LogP contribution < -0.4 is 0 Å². The van der Waals surface area contributed by atoms with Crippen molar-refractivity contribution in [2.45, 2.75) is 44.1 Å². The highest BCUT2D eigenvalue weighted by Crippen LogP contribution is 2.34. The van der Waals surface area contributed by atoms with Crippen molar-refractivity contribution in [1.82, 2.24) is 19.9 Å². The zero-order valence-electron chi connectivity index (χ0n) is 12.6. The van der Waals surface area contributed by atoms with Crippen molar-refractivity contribution in [3.05, 3.63) is 47.3 Å². The van der Waals surface area contributed by atoms with E-state index in [2.05, 4.69) is 44.2 Å². The molecule has 5 nitrogen and oxygen atoms in total. The largest absolute Gasteiger partial charge is 0.368 e. The van der Waals surface area contributed by atoms with E-state index in [-0.39, 0.29) is 6.10 Å². The molecule has 0 radical (unpaired) electrons. The molecule has 1 aromatic heterocycles. The third kappa shape index (κ3) is 1.92. The Kier molecular flexibility index (Phi) is 2.85. The first-order chi connectivity index (χ1) is 10.9. The third-order valence-electron chi connectivity index (χ3n) is 5.51.